The number of benzene rings is 1. The maximum atomic E-state index is 12.1. The number of anilines is 1. The smallest absolute Gasteiger partial charge is 0.226 e. The quantitative estimate of drug-likeness (QED) is 0.472. The topological polar surface area (TPSA) is 65.5 Å². The van der Waals surface area contributed by atoms with Crippen LogP contribution in [0.5, 0.6) is 0 Å². The summed E-state index contributed by atoms with van der Waals surface area (Å²) >= 11 is 5.17. The Balaban J connectivity index is 1.68. The second kappa shape index (κ2) is 10.2. The zero-order chi connectivity index (χ0) is 18.1. The highest BCUT2D eigenvalue weighted by Crippen LogP contribution is 2.20. The molecule has 0 fully saturated rings. The van der Waals surface area contributed by atoms with E-state index in [0.717, 1.165) is 28.7 Å². The van der Waals surface area contributed by atoms with Crippen LogP contribution >= 0.6 is 27.3 Å². The van der Waals surface area contributed by atoms with Gasteiger partial charge in [-0.2, -0.15) is 0 Å². The number of hydrogen-bond acceptors (Lipinski definition) is 3. The van der Waals surface area contributed by atoms with Gasteiger partial charge in [0.25, 0.3) is 0 Å². The van der Waals surface area contributed by atoms with Crippen LogP contribution in [-0.2, 0) is 11.2 Å². The van der Waals surface area contributed by atoms with Gasteiger partial charge in [0, 0.05) is 41.6 Å². The molecule has 0 unspecified atom stereocenters. The fourth-order valence-corrected chi connectivity index (χ4v) is 3.44. The minimum absolute atomic E-state index is 0.0213. The number of halogens is 1. The van der Waals surface area contributed by atoms with E-state index >= 15 is 0 Å². The predicted molar refractivity (Wildman–Crippen MR) is 110 cm³/mol. The van der Waals surface area contributed by atoms with Crippen LogP contribution in [-0.4, -0.2) is 32.0 Å². The van der Waals surface area contributed by atoms with Gasteiger partial charge in [-0.15, -0.1) is 11.3 Å². The Morgan fingerprint density at radius 1 is 1.24 bits per heavy atom. The lowest BCUT2D eigenvalue weighted by Gasteiger charge is -2.12. The Hall–Kier alpha value is -1.86. The molecule has 3 N–H and O–H groups in total. The number of carbonyl (C=O) groups excluding carboxylic acids is 1. The van der Waals surface area contributed by atoms with E-state index in [1.54, 1.807) is 18.4 Å². The summed E-state index contributed by atoms with van der Waals surface area (Å²) < 4.78 is 1.00. The van der Waals surface area contributed by atoms with Crippen LogP contribution in [0.25, 0.3) is 0 Å². The van der Waals surface area contributed by atoms with Gasteiger partial charge in [-0.25, -0.2) is 0 Å². The molecule has 2 rings (SSSR count). The standard InChI is InChI=1S/C18H23BrN4OS/c1-13-12-14(19)5-6-16(13)23-17(24)8-10-22-18(20-2)21-9-7-15-4-3-11-25-15/h3-6,11-12H,7-10H2,1-2H3,(H,23,24)(H2,20,21,22). The maximum absolute atomic E-state index is 12.1. The molecule has 0 aliphatic rings. The van der Waals surface area contributed by atoms with Crippen molar-refractivity contribution in [2.45, 2.75) is 19.8 Å². The Morgan fingerprint density at radius 2 is 2.04 bits per heavy atom. The van der Waals surface area contributed by atoms with E-state index in [1.807, 2.05) is 25.1 Å². The van der Waals surface area contributed by atoms with E-state index in [9.17, 15) is 4.79 Å². The van der Waals surface area contributed by atoms with Crippen molar-refractivity contribution in [1.29, 1.82) is 0 Å². The molecule has 2 aromatic rings. The monoisotopic (exact) mass is 422 g/mol. The number of amides is 1. The third kappa shape index (κ3) is 6.88. The number of rotatable bonds is 7. The molecule has 134 valence electrons. The number of aliphatic imine (C=N–C) groups is 1. The van der Waals surface area contributed by atoms with E-state index in [-0.39, 0.29) is 5.91 Å². The highest BCUT2D eigenvalue weighted by molar-refractivity contribution is 9.10. The largest absolute Gasteiger partial charge is 0.356 e. The Kier molecular flexibility index (Phi) is 7.94. The van der Waals surface area contributed by atoms with Crippen LogP contribution < -0.4 is 16.0 Å². The molecule has 1 aromatic carbocycles. The van der Waals surface area contributed by atoms with Crippen LogP contribution in [0.15, 0.2) is 45.2 Å². The molecule has 0 saturated carbocycles. The lowest BCUT2D eigenvalue weighted by atomic mass is 10.2. The summed E-state index contributed by atoms with van der Waals surface area (Å²) in [6.07, 6.45) is 1.34. The zero-order valence-electron chi connectivity index (χ0n) is 14.4. The van der Waals surface area contributed by atoms with Crippen molar-refractivity contribution in [3.63, 3.8) is 0 Å². The highest BCUT2D eigenvalue weighted by Gasteiger charge is 2.06. The van der Waals surface area contributed by atoms with Crippen molar-refractivity contribution in [2.75, 3.05) is 25.5 Å². The zero-order valence-corrected chi connectivity index (χ0v) is 16.8. The van der Waals surface area contributed by atoms with Gasteiger partial charge in [0.05, 0.1) is 0 Å². The summed E-state index contributed by atoms with van der Waals surface area (Å²) in [5, 5.41) is 11.4. The number of thiophene rings is 1. The van der Waals surface area contributed by atoms with Gasteiger partial charge in [-0.1, -0.05) is 22.0 Å². The number of guanidine groups is 1. The molecule has 25 heavy (non-hydrogen) atoms. The fourth-order valence-electron chi connectivity index (χ4n) is 2.25. The summed E-state index contributed by atoms with van der Waals surface area (Å²) in [5.74, 6) is 0.691. The van der Waals surface area contributed by atoms with E-state index < -0.39 is 0 Å². The minimum Gasteiger partial charge on any atom is -0.356 e. The third-order valence-electron chi connectivity index (χ3n) is 3.57. The molecule has 5 nitrogen and oxygen atoms in total. The molecular weight excluding hydrogens is 400 g/mol. The van der Waals surface area contributed by atoms with Crippen LogP contribution in [0.3, 0.4) is 0 Å². The number of nitrogens with one attached hydrogen (secondary N) is 3. The second-order valence-electron chi connectivity index (χ2n) is 5.51. The van der Waals surface area contributed by atoms with Gasteiger partial charge in [0.1, 0.15) is 0 Å². The van der Waals surface area contributed by atoms with E-state index in [0.29, 0.717) is 18.9 Å². The summed E-state index contributed by atoms with van der Waals surface area (Å²) in [7, 11) is 1.73. The molecular formula is C18H23BrN4OS. The molecule has 0 spiro atoms. The molecule has 0 bridgehead atoms. The van der Waals surface area contributed by atoms with Gasteiger partial charge in [-0.05, 0) is 48.6 Å². The van der Waals surface area contributed by atoms with Gasteiger partial charge < -0.3 is 16.0 Å². The van der Waals surface area contributed by atoms with E-state index in [2.05, 4.69) is 54.4 Å². The van der Waals surface area contributed by atoms with Gasteiger partial charge in [0.15, 0.2) is 5.96 Å². The Morgan fingerprint density at radius 3 is 2.72 bits per heavy atom. The van der Waals surface area contributed by atoms with Crippen molar-refractivity contribution in [3.8, 4) is 0 Å². The van der Waals surface area contributed by atoms with Crippen LogP contribution in [0, 0.1) is 6.92 Å². The maximum Gasteiger partial charge on any atom is 0.226 e. The normalized spacial score (nSPS) is 11.2. The summed E-state index contributed by atoms with van der Waals surface area (Å²) in [4.78, 5) is 17.6. The molecule has 1 aromatic heterocycles. The lowest BCUT2D eigenvalue weighted by molar-refractivity contribution is -0.116. The van der Waals surface area contributed by atoms with Crippen molar-refractivity contribution in [3.05, 3.63) is 50.6 Å². The number of aryl methyl sites for hydroxylation is 1. The number of nitrogens with zero attached hydrogens (tertiary/aromatic N) is 1. The molecule has 0 radical (unpaired) electrons. The molecule has 7 heteroatoms. The summed E-state index contributed by atoms with van der Waals surface area (Å²) in [6.45, 7) is 3.31. The average Bonchev–Trinajstić information content (AvgIpc) is 3.09. The Bertz CT molecular complexity index is 716. The van der Waals surface area contributed by atoms with Crippen molar-refractivity contribution in [2.24, 2.45) is 4.99 Å². The van der Waals surface area contributed by atoms with Gasteiger partial charge in [-0.3, -0.25) is 9.79 Å². The fraction of sp³-hybridized carbons (Fsp3) is 0.333. The van der Waals surface area contributed by atoms with Gasteiger partial charge >= 0.3 is 0 Å². The molecule has 0 aliphatic carbocycles. The predicted octanol–water partition coefficient (Wildman–Crippen LogP) is 3.56. The first kappa shape index (κ1) is 19.5. The molecule has 0 saturated heterocycles. The average molecular weight is 423 g/mol. The van der Waals surface area contributed by atoms with Crippen LogP contribution in [0.1, 0.15) is 16.9 Å². The molecule has 0 aliphatic heterocycles. The van der Waals surface area contributed by atoms with E-state index in [4.69, 9.17) is 0 Å². The molecule has 1 amide bonds. The van der Waals surface area contributed by atoms with Crippen molar-refractivity contribution >= 4 is 44.8 Å². The van der Waals surface area contributed by atoms with Crippen LogP contribution in [0.4, 0.5) is 5.69 Å². The second-order valence-corrected chi connectivity index (χ2v) is 7.46. The third-order valence-corrected chi connectivity index (χ3v) is 5.00. The highest BCUT2D eigenvalue weighted by atomic mass is 79.9. The lowest BCUT2D eigenvalue weighted by Crippen LogP contribution is -2.39. The SMILES string of the molecule is CN=C(NCCC(=O)Nc1ccc(Br)cc1C)NCCc1cccs1. The first-order valence-corrected chi connectivity index (χ1v) is 9.78. The molecule has 0 atom stereocenters. The first-order chi connectivity index (χ1) is 12.1. The number of carbonyl (C=O) groups is 1. The first-order valence-electron chi connectivity index (χ1n) is 8.11. The van der Waals surface area contributed by atoms with Gasteiger partial charge in [0.2, 0.25) is 5.91 Å². The van der Waals surface area contributed by atoms with E-state index in [1.165, 1.54) is 4.88 Å². The van der Waals surface area contributed by atoms with Crippen molar-refractivity contribution in [1.82, 2.24) is 10.6 Å². The Labute approximate surface area is 161 Å². The summed E-state index contributed by atoms with van der Waals surface area (Å²) in [5.41, 5.74) is 1.87. The number of hydrogen-bond donors (Lipinski definition) is 3. The minimum atomic E-state index is -0.0213. The van der Waals surface area contributed by atoms with Crippen LogP contribution in [0.2, 0.25) is 0 Å². The summed E-state index contributed by atoms with van der Waals surface area (Å²) in [6, 6.07) is 9.97. The van der Waals surface area contributed by atoms with Crippen molar-refractivity contribution < 1.29 is 4.79 Å². The molecule has 1 heterocycles.